The molecule has 0 bridgehead atoms. The van der Waals surface area contributed by atoms with Crippen LogP contribution in [0.2, 0.25) is 10.0 Å². The minimum absolute atomic E-state index is 0.486. The van der Waals surface area contributed by atoms with E-state index in [-0.39, 0.29) is 0 Å². The van der Waals surface area contributed by atoms with Crippen LogP contribution in [0.15, 0.2) is 36.5 Å². The third-order valence-electron chi connectivity index (χ3n) is 2.35. The Balaban J connectivity index is 1.79. The maximum atomic E-state index is 5.98. The van der Waals surface area contributed by atoms with E-state index >= 15 is 0 Å². The van der Waals surface area contributed by atoms with Crippen LogP contribution in [0.5, 0.6) is 5.75 Å². The minimum Gasteiger partial charge on any atom is -0.492 e. The number of halogens is 2. The van der Waals surface area contributed by atoms with Gasteiger partial charge in [0.1, 0.15) is 18.2 Å². The number of ether oxygens (including phenoxy) is 1. The molecule has 0 unspecified atom stereocenters. The molecule has 0 amide bonds. The van der Waals surface area contributed by atoms with Crippen LogP contribution in [0.1, 0.15) is 0 Å². The molecule has 0 aliphatic rings. The summed E-state index contributed by atoms with van der Waals surface area (Å²) in [5.41, 5.74) is 6.30. The van der Waals surface area contributed by atoms with Crippen molar-refractivity contribution in [2.24, 2.45) is 0 Å². The van der Waals surface area contributed by atoms with E-state index in [9.17, 15) is 0 Å². The van der Waals surface area contributed by atoms with Crippen molar-refractivity contribution in [2.45, 2.75) is 0 Å². The summed E-state index contributed by atoms with van der Waals surface area (Å²) in [4.78, 5) is 4.09. The number of hydrogen-bond acceptors (Lipinski definition) is 4. The van der Waals surface area contributed by atoms with Crippen molar-refractivity contribution >= 4 is 34.7 Å². The second-order valence-electron chi connectivity index (χ2n) is 3.83. The van der Waals surface area contributed by atoms with Gasteiger partial charge in [0.2, 0.25) is 0 Å². The Hall–Kier alpha value is -1.65. The molecule has 4 nitrogen and oxygen atoms in total. The molecule has 19 heavy (non-hydrogen) atoms. The molecule has 1 heterocycles. The molecular formula is C13H13Cl2N3O. The summed E-state index contributed by atoms with van der Waals surface area (Å²) in [6, 6.07) is 8.87. The Kier molecular flexibility index (Phi) is 4.71. The highest BCUT2D eigenvalue weighted by Gasteiger charge is 2.02. The van der Waals surface area contributed by atoms with Gasteiger partial charge in [-0.1, -0.05) is 23.2 Å². The second kappa shape index (κ2) is 6.50. The molecule has 3 N–H and O–H groups in total. The van der Waals surface area contributed by atoms with Crippen LogP contribution in [0.4, 0.5) is 11.5 Å². The molecule has 0 aliphatic carbocycles. The van der Waals surface area contributed by atoms with E-state index in [2.05, 4.69) is 10.3 Å². The SMILES string of the molecule is Nc1ccc(OCCNc2ncc(Cl)cc2Cl)cc1. The van der Waals surface area contributed by atoms with Crippen LogP contribution in [-0.4, -0.2) is 18.1 Å². The molecule has 1 aromatic heterocycles. The van der Waals surface area contributed by atoms with Crippen LogP contribution in [0.25, 0.3) is 0 Å². The van der Waals surface area contributed by atoms with E-state index in [1.807, 2.05) is 12.1 Å². The molecule has 2 aromatic rings. The number of nitrogens with two attached hydrogens (primary N) is 1. The molecule has 0 saturated heterocycles. The first-order chi connectivity index (χ1) is 9.15. The quantitative estimate of drug-likeness (QED) is 0.655. The lowest BCUT2D eigenvalue weighted by Crippen LogP contribution is -2.12. The maximum absolute atomic E-state index is 5.98. The van der Waals surface area contributed by atoms with Crippen molar-refractivity contribution in [2.75, 3.05) is 24.2 Å². The van der Waals surface area contributed by atoms with Crippen molar-refractivity contribution in [3.8, 4) is 5.75 Å². The highest BCUT2D eigenvalue weighted by molar-refractivity contribution is 6.35. The predicted molar refractivity (Wildman–Crippen MR) is 79.1 cm³/mol. The number of nitrogen functional groups attached to an aromatic ring is 1. The molecule has 1 aromatic carbocycles. The third kappa shape index (κ3) is 4.19. The number of pyridine rings is 1. The Morgan fingerprint density at radius 2 is 1.95 bits per heavy atom. The zero-order valence-corrected chi connectivity index (χ0v) is 11.6. The summed E-state index contributed by atoms with van der Waals surface area (Å²) in [6.07, 6.45) is 1.54. The van der Waals surface area contributed by atoms with E-state index < -0.39 is 0 Å². The van der Waals surface area contributed by atoms with Crippen LogP contribution < -0.4 is 15.8 Å². The summed E-state index contributed by atoms with van der Waals surface area (Å²) in [7, 11) is 0. The molecule has 0 radical (unpaired) electrons. The lowest BCUT2D eigenvalue weighted by Gasteiger charge is -2.09. The highest BCUT2D eigenvalue weighted by atomic mass is 35.5. The number of benzene rings is 1. The molecule has 0 saturated carbocycles. The van der Waals surface area contributed by atoms with Crippen molar-refractivity contribution < 1.29 is 4.74 Å². The number of rotatable bonds is 5. The minimum atomic E-state index is 0.486. The van der Waals surface area contributed by atoms with Crippen molar-refractivity contribution in [1.29, 1.82) is 0 Å². The van der Waals surface area contributed by atoms with Gasteiger partial charge in [-0.05, 0) is 30.3 Å². The fourth-order valence-electron chi connectivity index (χ4n) is 1.45. The van der Waals surface area contributed by atoms with Gasteiger partial charge in [0.25, 0.3) is 0 Å². The van der Waals surface area contributed by atoms with Gasteiger partial charge in [-0.25, -0.2) is 4.98 Å². The van der Waals surface area contributed by atoms with E-state index in [0.29, 0.717) is 34.7 Å². The number of aromatic nitrogens is 1. The van der Waals surface area contributed by atoms with Gasteiger partial charge in [-0.3, -0.25) is 0 Å². The van der Waals surface area contributed by atoms with E-state index in [1.54, 1.807) is 18.2 Å². The van der Waals surface area contributed by atoms with Crippen LogP contribution >= 0.6 is 23.2 Å². The summed E-state index contributed by atoms with van der Waals surface area (Å²) >= 11 is 11.7. The molecule has 0 fully saturated rings. The molecule has 0 aliphatic heterocycles. The number of nitrogens with one attached hydrogen (secondary N) is 1. The third-order valence-corrected chi connectivity index (χ3v) is 2.85. The summed E-state index contributed by atoms with van der Waals surface area (Å²) in [6.45, 7) is 1.07. The van der Waals surface area contributed by atoms with Crippen molar-refractivity contribution in [3.05, 3.63) is 46.6 Å². The molecule has 0 atom stereocenters. The van der Waals surface area contributed by atoms with Gasteiger partial charge < -0.3 is 15.8 Å². The van der Waals surface area contributed by atoms with Gasteiger partial charge in [-0.2, -0.15) is 0 Å². The number of hydrogen-bond donors (Lipinski definition) is 2. The topological polar surface area (TPSA) is 60.2 Å². The first kappa shape index (κ1) is 13.8. The highest BCUT2D eigenvalue weighted by Crippen LogP contribution is 2.22. The Morgan fingerprint density at radius 1 is 1.21 bits per heavy atom. The second-order valence-corrected chi connectivity index (χ2v) is 4.67. The standard InChI is InChI=1S/C13H13Cl2N3O/c14-9-7-12(15)13(18-8-9)17-5-6-19-11-3-1-10(16)2-4-11/h1-4,7-8H,5-6,16H2,(H,17,18). The van der Waals surface area contributed by atoms with Crippen LogP contribution in [0, 0.1) is 0 Å². The molecule has 100 valence electrons. The summed E-state index contributed by atoms with van der Waals surface area (Å²) < 4.78 is 5.53. The molecule has 2 rings (SSSR count). The van der Waals surface area contributed by atoms with E-state index in [4.69, 9.17) is 33.7 Å². The maximum Gasteiger partial charge on any atom is 0.144 e. The Labute approximate surface area is 121 Å². The Bertz CT molecular complexity index is 546. The lowest BCUT2D eigenvalue weighted by molar-refractivity contribution is 0.333. The lowest BCUT2D eigenvalue weighted by atomic mass is 10.3. The monoisotopic (exact) mass is 297 g/mol. The van der Waals surface area contributed by atoms with Crippen LogP contribution in [0.3, 0.4) is 0 Å². The first-order valence-corrected chi connectivity index (χ1v) is 6.44. The van der Waals surface area contributed by atoms with Crippen molar-refractivity contribution in [3.63, 3.8) is 0 Å². The fraction of sp³-hybridized carbons (Fsp3) is 0.154. The van der Waals surface area contributed by atoms with Gasteiger partial charge in [0.15, 0.2) is 0 Å². The number of nitrogens with zero attached hydrogens (tertiary/aromatic N) is 1. The Morgan fingerprint density at radius 3 is 2.63 bits per heavy atom. The normalized spacial score (nSPS) is 10.2. The van der Waals surface area contributed by atoms with Gasteiger partial charge >= 0.3 is 0 Å². The average molecular weight is 298 g/mol. The zero-order valence-electron chi connectivity index (χ0n) is 10.1. The van der Waals surface area contributed by atoms with Crippen molar-refractivity contribution in [1.82, 2.24) is 4.98 Å². The summed E-state index contributed by atoms with van der Waals surface area (Å²) in [5.74, 6) is 1.36. The van der Waals surface area contributed by atoms with Gasteiger partial charge in [-0.15, -0.1) is 0 Å². The summed E-state index contributed by atoms with van der Waals surface area (Å²) in [5, 5.41) is 4.06. The first-order valence-electron chi connectivity index (χ1n) is 5.68. The zero-order chi connectivity index (χ0) is 13.7. The molecule has 6 heteroatoms. The van der Waals surface area contributed by atoms with Gasteiger partial charge in [0, 0.05) is 11.9 Å². The number of anilines is 2. The average Bonchev–Trinajstić information content (AvgIpc) is 2.39. The fourth-order valence-corrected chi connectivity index (χ4v) is 1.89. The van der Waals surface area contributed by atoms with Gasteiger partial charge in [0.05, 0.1) is 16.6 Å². The predicted octanol–water partition coefficient (Wildman–Crippen LogP) is 3.46. The van der Waals surface area contributed by atoms with Crippen LogP contribution in [-0.2, 0) is 0 Å². The van der Waals surface area contributed by atoms with E-state index in [0.717, 1.165) is 5.75 Å². The van der Waals surface area contributed by atoms with E-state index in [1.165, 1.54) is 6.20 Å². The largest absolute Gasteiger partial charge is 0.492 e. The molecular weight excluding hydrogens is 285 g/mol. The smallest absolute Gasteiger partial charge is 0.144 e. The molecule has 0 spiro atoms.